The standard InChI is InChI=1S/C22H16Cl2N2O2S/c1-12-7-13(2)9-15(8-12)25-22-26-21(27)20(29-22)11-16-4-6-19(28-16)14-3-5-17(23)18(24)10-14/h3-11H,1-2H3,(H,25,26,27)/b20-11-. The van der Waals surface area contributed by atoms with Crippen molar-refractivity contribution >= 4 is 57.8 Å². The van der Waals surface area contributed by atoms with Gasteiger partial charge in [-0.15, -0.1) is 0 Å². The summed E-state index contributed by atoms with van der Waals surface area (Å²) < 4.78 is 5.85. The molecule has 1 N–H and O–H groups in total. The van der Waals surface area contributed by atoms with Crippen LogP contribution >= 0.6 is 35.0 Å². The summed E-state index contributed by atoms with van der Waals surface area (Å²) >= 11 is 13.3. The van der Waals surface area contributed by atoms with Gasteiger partial charge in [-0.05, 0) is 79.2 Å². The van der Waals surface area contributed by atoms with Crippen molar-refractivity contribution < 1.29 is 9.21 Å². The third-order valence-corrected chi connectivity index (χ3v) is 5.84. The molecule has 0 unspecified atom stereocenters. The van der Waals surface area contributed by atoms with Gasteiger partial charge in [0.1, 0.15) is 11.5 Å². The highest BCUT2D eigenvalue weighted by Crippen LogP contribution is 2.32. The first kappa shape index (κ1) is 19.8. The van der Waals surface area contributed by atoms with Crippen LogP contribution in [0.4, 0.5) is 5.69 Å². The molecule has 1 fully saturated rings. The largest absolute Gasteiger partial charge is 0.457 e. The van der Waals surface area contributed by atoms with E-state index in [9.17, 15) is 4.79 Å². The Labute approximate surface area is 182 Å². The molecule has 3 aromatic rings. The highest BCUT2D eigenvalue weighted by Gasteiger charge is 2.24. The van der Waals surface area contributed by atoms with Gasteiger partial charge in [0.2, 0.25) is 0 Å². The van der Waals surface area contributed by atoms with Gasteiger partial charge in [0.15, 0.2) is 5.17 Å². The summed E-state index contributed by atoms with van der Waals surface area (Å²) in [7, 11) is 0. The molecule has 0 radical (unpaired) electrons. The summed E-state index contributed by atoms with van der Waals surface area (Å²) in [5.74, 6) is 1.00. The lowest BCUT2D eigenvalue weighted by atomic mass is 10.1. The van der Waals surface area contributed by atoms with Gasteiger partial charge in [-0.3, -0.25) is 4.79 Å². The zero-order valence-corrected chi connectivity index (χ0v) is 18.0. The average molecular weight is 443 g/mol. The van der Waals surface area contributed by atoms with Crippen LogP contribution in [-0.4, -0.2) is 11.1 Å². The van der Waals surface area contributed by atoms with Crippen molar-refractivity contribution in [2.45, 2.75) is 13.8 Å². The van der Waals surface area contributed by atoms with E-state index in [1.807, 2.05) is 38.1 Å². The number of aryl methyl sites for hydroxylation is 2. The van der Waals surface area contributed by atoms with Crippen LogP contribution in [0.5, 0.6) is 0 Å². The van der Waals surface area contributed by atoms with Crippen LogP contribution in [0.25, 0.3) is 17.4 Å². The van der Waals surface area contributed by atoms with Gasteiger partial charge in [0.25, 0.3) is 5.91 Å². The SMILES string of the molecule is Cc1cc(C)cc(N=C2NC(=O)/C(=C/c3ccc(-c4ccc(Cl)c(Cl)c4)o3)S2)c1. The van der Waals surface area contributed by atoms with E-state index in [0.29, 0.717) is 31.6 Å². The highest BCUT2D eigenvalue weighted by molar-refractivity contribution is 8.18. The van der Waals surface area contributed by atoms with E-state index in [-0.39, 0.29) is 5.91 Å². The van der Waals surface area contributed by atoms with Crippen LogP contribution in [0, 0.1) is 13.8 Å². The molecule has 1 aliphatic rings. The van der Waals surface area contributed by atoms with E-state index in [2.05, 4.69) is 16.4 Å². The molecule has 7 heteroatoms. The van der Waals surface area contributed by atoms with Crippen LogP contribution < -0.4 is 5.32 Å². The fourth-order valence-corrected chi connectivity index (χ4v) is 4.10. The maximum Gasteiger partial charge on any atom is 0.264 e. The molecule has 1 aliphatic heterocycles. The lowest BCUT2D eigenvalue weighted by molar-refractivity contribution is -0.115. The van der Waals surface area contributed by atoms with Crippen molar-refractivity contribution in [2.75, 3.05) is 0 Å². The number of benzene rings is 2. The molecular weight excluding hydrogens is 427 g/mol. The van der Waals surface area contributed by atoms with Crippen molar-refractivity contribution in [3.8, 4) is 11.3 Å². The highest BCUT2D eigenvalue weighted by atomic mass is 35.5. The van der Waals surface area contributed by atoms with E-state index >= 15 is 0 Å². The second kappa shape index (κ2) is 8.11. The molecule has 4 rings (SSSR count). The summed E-state index contributed by atoms with van der Waals surface area (Å²) in [6.07, 6.45) is 1.70. The number of amidine groups is 1. The van der Waals surface area contributed by atoms with Crippen LogP contribution in [0.3, 0.4) is 0 Å². The molecule has 0 atom stereocenters. The number of hydrogen-bond donors (Lipinski definition) is 1. The predicted octanol–water partition coefficient (Wildman–Crippen LogP) is 6.76. The zero-order valence-electron chi connectivity index (χ0n) is 15.6. The molecule has 2 aromatic carbocycles. The first-order valence-corrected chi connectivity index (χ1v) is 10.4. The molecule has 146 valence electrons. The number of aliphatic imine (C=N–C) groups is 1. The number of amides is 1. The van der Waals surface area contributed by atoms with Crippen LogP contribution in [0.1, 0.15) is 16.9 Å². The quantitative estimate of drug-likeness (QED) is 0.455. The molecule has 1 amide bonds. The van der Waals surface area contributed by atoms with Gasteiger partial charge < -0.3 is 9.73 Å². The molecule has 0 saturated carbocycles. The van der Waals surface area contributed by atoms with E-state index < -0.39 is 0 Å². The Bertz CT molecular complexity index is 1160. The van der Waals surface area contributed by atoms with Crippen LogP contribution in [0.15, 0.2) is 62.8 Å². The van der Waals surface area contributed by atoms with Gasteiger partial charge >= 0.3 is 0 Å². The van der Waals surface area contributed by atoms with Gasteiger partial charge in [-0.2, -0.15) is 0 Å². The monoisotopic (exact) mass is 442 g/mol. The minimum atomic E-state index is -0.203. The third kappa shape index (κ3) is 4.58. The van der Waals surface area contributed by atoms with E-state index in [0.717, 1.165) is 22.4 Å². The average Bonchev–Trinajstić information content (AvgIpc) is 3.24. The maximum absolute atomic E-state index is 12.3. The number of hydrogen-bond acceptors (Lipinski definition) is 4. The summed E-state index contributed by atoms with van der Waals surface area (Å²) in [5.41, 5.74) is 3.87. The number of carbonyl (C=O) groups is 1. The summed E-state index contributed by atoms with van der Waals surface area (Å²) in [5, 5.41) is 4.28. The van der Waals surface area contributed by atoms with Crippen LogP contribution in [-0.2, 0) is 4.79 Å². The predicted molar refractivity (Wildman–Crippen MR) is 121 cm³/mol. The molecule has 1 saturated heterocycles. The molecule has 4 nitrogen and oxygen atoms in total. The zero-order chi connectivity index (χ0) is 20.5. The Hall–Kier alpha value is -2.47. The van der Waals surface area contributed by atoms with E-state index in [1.165, 1.54) is 11.8 Å². The third-order valence-electron chi connectivity index (χ3n) is 4.19. The topological polar surface area (TPSA) is 54.6 Å². The van der Waals surface area contributed by atoms with Gasteiger partial charge in [-0.25, -0.2) is 4.99 Å². The minimum Gasteiger partial charge on any atom is -0.457 e. The maximum atomic E-state index is 12.3. The summed E-state index contributed by atoms with van der Waals surface area (Å²) in [6.45, 7) is 4.04. The van der Waals surface area contributed by atoms with Gasteiger partial charge in [-0.1, -0.05) is 29.3 Å². The van der Waals surface area contributed by atoms with Crippen molar-refractivity contribution in [1.82, 2.24) is 5.32 Å². The molecule has 29 heavy (non-hydrogen) atoms. The van der Waals surface area contributed by atoms with Crippen molar-refractivity contribution in [2.24, 2.45) is 4.99 Å². The van der Waals surface area contributed by atoms with Crippen molar-refractivity contribution in [1.29, 1.82) is 0 Å². The first-order chi connectivity index (χ1) is 13.9. The fourth-order valence-electron chi connectivity index (χ4n) is 2.98. The smallest absolute Gasteiger partial charge is 0.264 e. The number of carbonyl (C=O) groups excluding carboxylic acids is 1. The summed E-state index contributed by atoms with van der Waals surface area (Å²) in [4.78, 5) is 17.4. The Morgan fingerprint density at radius 3 is 2.48 bits per heavy atom. The number of thioether (sulfide) groups is 1. The molecule has 1 aromatic heterocycles. The molecule has 0 bridgehead atoms. The van der Waals surface area contributed by atoms with Gasteiger partial charge in [0, 0.05) is 11.6 Å². The molecule has 0 spiro atoms. The minimum absolute atomic E-state index is 0.203. The number of furan rings is 1. The van der Waals surface area contributed by atoms with E-state index in [1.54, 1.807) is 24.3 Å². The van der Waals surface area contributed by atoms with Crippen molar-refractivity contribution in [3.05, 3.63) is 80.4 Å². The molecule has 2 heterocycles. The molecular formula is C22H16Cl2N2O2S. The number of nitrogens with one attached hydrogen (secondary N) is 1. The fraction of sp³-hybridized carbons (Fsp3) is 0.0909. The second-order valence-electron chi connectivity index (χ2n) is 6.66. The van der Waals surface area contributed by atoms with E-state index in [4.69, 9.17) is 27.6 Å². The summed E-state index contributed by atoms with van der Waals surface area (Å²) in [6, 6.07) is 15.0. The second-order valence-corrected chi connectivity index (χ2v) is 8.50. The van der Waals surface area contributed by atoms with Crippen molar-refractivity contribution in [3.63, 3.8) is 0 Å². The normalized spacial score (nSPS) is 16.6. The number of nitrogens with zero attached hydrogens (tertiary/aromatic N) is 1. The Balaban J connectivity index is 1.56. The molecule has 0 aliphatic carbocycles. The lowest BCUT2D eigenvalue weighted by Gasteiger charge is -2.00. The number of halogens is 2. The number of rotatable bonds is 3. The first-order valence-electron chi connectivity index (χ1n) is 8.80. The van der Waals surface area contributed by atoms with Crippen LogP contribution in [0.2, 0.25) is 10.0 Å². The Morgan fingerprint density at radius 2 is 1.76 bits per heavy atom. The Morgan fingerprint density at radius 1 is 1.00 bits per heavy atom. The lowest BCUT2D eigenvalue weighted by Crippen LogP contribution is -2.19. The Kier molecular flexibility index (Phi) is 5.54. The van der Waals surface area contributed by atoms with Gasteiger partial charge in [0.05, 0.1) is 20.6 Å².